The van der Waals surface area contributed by atoms with Gasteiger partial charge in [0.25, 0.3) is 0 Å². The van der Waals surface area contributed by atoms with E-state index in [0.717, 1.165) is 0 Å². The van der Waals surface area contributed by atoms with Crippen molar-refractivity contribution in [3.8, 4) is 0 Å². The highest BCUT2D eigenvalue weighted by Gasteiger charge is 2.39. The Morgan fingerprint density at radius 1 is 1.70 bits per heavy atom. The van der Waals surface area contributed by atoms with Crippen LogP contribution in [-0.4, -0.2) is 34.9 Å². The largest absolute Gasteiger partial charge is 0.389 e. The van der Waals surface area contributed by atoms with Gasteiger partial charge in [-0.15, -0.1) is 0 Å². The molecule has 2 nitrogen and oxygen atoms in total. The van der Waals surface area contributed by atoms with Crippen LogP contribution >= 0.6 is 15.9 Å². The summed E-state index contributed by atoms with van der Waals surface area (Å²) in [6, 6.07) is 0. The molecule has 1 fully saturated rings. The molecule has 0 aromatic heterocycles. The number of hydrogen-bond acceptors (Lipinski definition) is 2. The number of aliphatic hydroxyl groups is 1. The van der Waals surface area contributed by atoms with Crippen LogP contribution in [0.4, 0.5) is 4.39 Å². The third kappa shape index (κ3) is 1.33. The lowest BCUT2D eigenvalue weighted by Crippen LogP contribution is -2.28. The molecule has 10 heavy (non-hydrogen) atoms. The second kappa shape index (κ2) is 3.15. The van der Waals surface area contributed by atoms with Gasteiger partial charge in [-0.05, 0) is 6.92 Å². The van der Waals surface area contributed by atoms with Gasteiger partial charge in [-0.3, -0.25) is 0 Å². The third-order valence-electron chi connectivity index (χ3n) is 1.70. The van der Waals surface area contributed by atoms with Crippen molar-refractivity contribution in [3.63, 3.8) is 0 Å². The van der Waals surface area contributed by atoms with Crippen LogP contribution in [0.15, 0.2) is 0 Å². The van der Waals surface area contributed by atoms with Crippen molar-refractivity contribution in [2.75, 3.05) is 6.67 Å². The van der Waals surface area contributed by atoms with Crippen molar-refractivity contribution >= 4 is 15.9 Å². The van der Waals surface area contributed by atoms with Crippen molar-refractivity contribution in [3.05, 3.63) is 0 Å². The molecular weight excluding hydrogens is 203 g/mol. The SMILES string of the molecule is C[C@@H]1OC(CF)[C@@H](O)[C@H]1Br. The van der Waals surface area contributed by atoms with Crippen LogP contribution < -0.4 is 0 Å². The molecule has 4 heteroatoms. The van der Waals surface area contributed by atoms with Gasteiger partial charge >= 0.3 is 0 Å². The molecule has 1 heterocycles. The summed E-state index contributed by atoms with van der Waals surface area (Å²) in [4.78, 5) is -0.131. The highest BCUT2D eigenvalue weighted by atomic mass is 79.9. The molecule has 1 unspecified atom stereocenters. The molecule has 0 aliphatic carbocycles. The van der Waals surface area contributed by atoms with E-state index >= 15 is 0 Å². The first-order valence-electron chi connectivity index (χ1n) is 3.20. The standard InChI is InChI=1S/C6H10BrFO2/c1-3-5(7)6(9)4(2-8)10-3/h3-6,9H,2H2,1H3/t3-,4?,5-,6+/m0/s1. The summed E-state index contributed by atoms with van der Waals surface area (Å²) in [6.07, 6.45) is -1.45. The Kier molecular flexibility index (Phi) is 2.66. The second-order valence-corrected chi connectivity index (χ2v) is 3.53. The van der Waals surface area contributed by atoms with E-state index in [0.29, 0.717) is 0 Å². The van der Waals surface area contributed by atoms with Crippen LogP contribution in [0, 0.1) is 0 Å². The van der Waals surface area contributed by atoms with Crippen molar-refractivity contribution in [1.29, 1.82) is 0 Å². The number of rotatable bonds is 1. The molecule has 0 aromatic carbocycles. The van der Waals surface area contributed by atoms with Crippen LogP contribution in [0.5, 0.6) is 0 Å². The molecule has 0 spiro atoms. The minimum atomic E-state index is -0.708. The Balaban J connectivity index is 2.53. The third-order valence-corrected chi connectivity index (χ3v) is 2.98. The molecule has 1 aliphatic rings. The topological polar surface area (TPSA) is 29.5 Å². The molecule has 4 atom stereocenters. The number of aliphatic hydroxyl groups excluding tert-OH is 1. The van der Waals surface area contributed by atoms with Crippen molar-refractivity contribution < 1.29 is 14.2 Å². The summed E-state index contributed by atoms with van der Waals surface area (Å²) >= 11 is 3.21. The molecule has 0 saturated carbocycles. The number of halogens is 2. The normalized spacial score (nSPS) is 48.0. The van der Waals surface area contributed by atoms with E-state index in [1.807, 2.05) is 0 Å². The summed E-state index contributed by atoms with van der Waals surface area (Å²) in [6.45, 7) is 1.19. The molecule has 0 radical (unpaired) electrons. The van der Waals surface area contributed by atoms with Gasteiger partial charge in [0.2, 0.25) is 0 Å². The zero-order chi connectivity index (χ0) is 7.72. The summed E-state index contributed by atoms with van der Waals surface area (Å²) in [7, 11) is 0. The maximum atomic E-state index is 12.0. The molecule has 0 aromatic rings. The Morgan fingerprint density at radius 2 is 2.30 bits per heavy atom. The molecule has 1 N–H and O–H groups in total. The fraction of sp³-hybridized carbons (Fsp3) is 1.00. The summed E-state index contributed by atoms with van der Waals surface area (Å²) in [5.74, 6) is 0. The average Bonchev–Trinajstić information content (AvgIpc) is 2.17. The van der Waals surface area contributed by atoms with Gasteiger partial charge in [0.15, 0.2) is 0 Å². The van der Waals surface area contributed by atoms with Crippen molar-refractivity contribution in [1.82, 2.24) is 0 Å². The second-order valence-electron chi connectivity index (χ2n) is 2.47. The Labute approximate surface area is 67.5 Å². The molecule has 1 rings (SSSR count). The highest BCUT2D eigenvalue weighted by molar-refractivity contribution is 9.09. The maximum absolute atomic E-state index is 12.0. The van der Waals surface area contributed by atoms with Gasteiger partial charge in [0.1, 0.15) is 12.8 Å². The van der Waals surface area contributed by atoms with E-state index < -0.39 is 18.9 Å². The van der Waals surface area contributed by atoms with Crippen LogP contribution in [-0.2, 0) is 4.74 Å². The van der Waals surface area contributed by atoms with Crippen LogP contribution in [0.1, 0.15) is 6.92 Å². The zero-order valence-corrected chi connectivity index (χ0v) is 7.21. The monoisotopic (exact) mass is 212 g/mol. The van der Waals surface area contributed by atoms with Gasteiger partial charge in [-0.2, -0.15) is 0 Å². The minimum absolute atomic E-state index is 0.101. The highest BCUT2D eigenvalue weighted by Crippen LogP contribution is 2.26. The molecule has 0 amide bonds. The molecule has 60 valence electrons. The van der Waals surface area contributed by atoms with Gasteiger partial charge in [0, 0.05) is 0 Å². The lowest BCUT2D eigenvalue weighted by Gasteiger charge is -2.09. The average molecular weight is 213 g/mol. The van der Waals surface area contributed by atoms with E-state index in [2.05, 4.69) is 15.9 Å². The number of ether oxygens (including phenoxy) is 1. The van der Waals surface area contributed by atoms with E-state index in [4.69, 9.17) is 4.74 Å². The van der Waals surface area contributed by atoms with E-state index in [-0.39, 0.29) is 10.9 Å². The van der Waals surface area contributed by atoms with Gasteiger partial charge in [-0.25, -0.2) is 4.39 Å². The molecule has 1 saturated heterocycles. The Morgan fingerprint density at radius 3 is 2.50 bits per heavy atom. The first kappa shape index (κ1) is 8.43. The fourth-order valence-electron chi connectivity index (χ4n) is 1.04. The van der Waals surface area contributed by atoms with Crippen LogP contribution in [0.3, 0.4) is 0 Å². The van der Waals surface area contributed by atoms with Crippen LogP contribution in [0.25, 0.3) is 0 Å². The first-order chi connectivity index (χ1) is 4.66. The summed E-state index contributed by atoms with van der Waals surface area (Å²) in [5.41, 5.74) is 0. The molecule has 0 bridgehead atoms. The van der Waals surface area contributed by atoms with Crippen molar-refractivity contribution in [2.45, 2.75) is 30.1 Å². The fourth-order valence-corrected chi connectivity index (χ4v) is 1.51. The van der Waals surface area contributed by atoms with Crippen LogP contribution in [0.2, 0.25) is 0 Å². The Bertz CT molecular complexity index is 122. The summed E-state index contributed by atoms with van der Waals surface area (Å²) in [5, 5.41) is 9.22. The minimum Gasteiger partial charge on any atom is -0.389 e. The first-order valence-corrected chi connectivity index (χ1v) is 4.12. The van der Waals surface area contributed by atoms with Gasteiger partial charge < -0.3 is 9.84 Å². The lowest BCUT2D eigenvalue weighted by molar-refractivity contribution is 0.00206. The molecular formula is C6H10BrFO2. The quantitative estimate of drug-likeness (QED) is 0.655. The maximum Gasteiger partial charge on any atom is 0.118 e. The Hall–Kier alpha value is 0.330. The summed E-state index contributed by atoms with van der Waals surface area (Å²) < 4.78 is 17.1. The molecule has 1 aliphatic heterocycles. The number of alkyl halides is 2. The van der Waals surface area contributed by atoms with Gasteiger partial charge in [0.05, 0.1) is 17.0 Å². The lowest BCUT2D eigenvalue weighted by atomic mass is 10.1. The predicted octanol–water partition coefficient (Wildman–Crippen LogP) is 0.868. The van der Waals surface area contributed by atoms with E-state index in [1.165, 1.54) is 0 Å². The van der Waals surface area contributed by atoms with Gasteiger partial charge in [-0.1, -0.05) is 15.9 Å². The van der Waals surface area contributed by atoms with Crippen molar-refractivity contribution in [2.24, 2.45) is 0 Å². The van der Waals surface area contributed by atoms with E-state index in [9.17, 15) is 9.50 Å². The predicted molar refractivity (Wildman–Crippen MR) is 39.0 cm³/mol. The number of hydrogen-bond donors (Lipinski definition) is 1. The smallest absolute Gasteiger partial charge is 0.118 e. The van der Waals surface area contributed by atoms with E-state index in [1.54, 1.807) is 6.92 Å². The zero-order valence-electron chi connectivity index (χ0n) is 5.63.